The third-order valence-corrected chi connectivity index (χ3v) is 4.67. The molecule has 0 aliphatic heterocycles. The number of hydrogen-bond donors (Lipinski definition) is 0. The van der Waals surface area contributed by atoms with E-state index in [0.29, 0.717) is 17.0 Å². The van der Waals surface area contributed by atoms with Gasteiger partial charge in [-0.05, 0) is 24.3 Å². The van der Waals surface area contributed by atoms with Gasteiger partial charge in [0, 0.05) is 17.7 Å². The van der Waals surface area contributed by atoms with Crippen molar-refractivity contribution in [3.05, 3.63) is 64.3 Å². The summed E-state index contributed by atoms with van der Waals surface area (Å²) in [6.45, 7) is 0. The number of benzene rings is 2. The van der Waals surface area contributed by atoms with Crippen LogP contribution in [0.25, 0.3) is 26.4 Å². The molecule has 6 nitrogen and oxygen atoms in total. The lowest BCUT2D eigenvalue weighted by Gasteiger charge is -1.99. The lowest BCUT2D eigenvalue weighted by Crippen LogP contribution is -1.92. The smallest absolute Gasteiger partial charge is 0.269 e. The minimum Gasteiger partial charge on any atom is -0.296 e. The highest BCUT2D eigenvalue weighted by Crippen LogP contribution is 2.32. The molecule has 2 heterocycles. The van der Waals surface area contributed by atoms with Crippen LogP contribution < -0.4 is 0 Å². The maximum absolute atomic E-state index is 11.6. The van der Waals surface area contributed by atoms with E-state index in [4.69, 9.17) is 0 Å². The van der Waals surface area contributed by atoms with E-state index in [1.165, 1.54) is 23.5 Å². The fourth-order valence-electron chi connectivity index (χ4n) is 2.60. The molecule has 2 aromatic carbocycles. The molecule has 7 heteroatoms. The summed E-state index contributed by atoms with van der Waals surface area (Å²) < 4.78 is 2.87. The average molecular weight is 323 g/mol. The molecule has 2 aromatic heterocycles. The summed E-state index contributed by atoms with van der Waals surface area (Å²) in [4.78, 5) is 27.2. The third-order valence-electron chi connectivity index (χ3n) is 3.65. The molecule has 0 fully saturated rings. The van der Waals surface area contributed by atoms with Crippen molar-refractivity contribution in [2.24, 2.45) is 0 Å². The predicted molar refractivity (Wildman–Crippen MR) is 88.1 cm³/mol. The third kappa shape index (κ3) is 2.01. The molecule has 0 amide bonds. The summed E-state index contributed by atoms with van der Waals surface area (Å²) >= 11 is 1.50. The number of thiazole rings is 1. The molecule has 0 aliphatic rings. The molecular formula is C16H9N3O3S. The Kier molecular flexibility index (Phi) is 2.95. The zero-order chi connectivity index (χ0) is 16.0. The van der Waals surface area contributed by atoms with E-state index >= 15 is 0 Å². The second-order valence-electron chi connectivity index (χ2n) is 4.96. The maximum Gasteiger partial charge on any atom is 0.269 e. The number of nitro benzene ring substituents is 1. The maximum atomic E-state index is 11.6. The van der Waals surface area contributed by atoms with Crippen molar-refractivity contribution in [1.29, 1.82) is 0 Å². The molecule has 0 atom stereocenters. The van der Waals surface area contributed by atoms with Crippen molar-refractivity contribution in [1.82, 2.24) is 9.38 Å². The van der Waals surface area contributed by atoms with Crippen molar-refractivity contribution in [3.8, 4) is 11.3 Å². The van der Waals surface area contributed by atoms with Crippen LogP contribution >= 0.6 is 11.3 Å². The summed E-state index contributed by atoms with van der Waals surface area (Å²) in [6, 6.07) is 13.8. The number of carbonyl (C=O) groups is 1. The summed E-state index contributed by atoms with van der Waals surface area (Å²) in [5.74, 6) is 0. The average Bonchev–Trinajstić information content (AvgIpc) is 3.10. The normalized spacial score (nSPS) is 11.1. The molecule has 0 N–H and O–H groups in total. The van der Waals surface area contributed by atoms with Gasteiger partial charge in [0.15, 0.2) is 11.2 Å². The number of nitrogens with zero attached hydrogens (tertiary/aromatic N) is 3. The first-order chi connectivity index (χ1) is 11.2. The standard InChI is InChI=1S/C16H9N3O3S/c20-9-13-15(10-5-7-11(8-6-10)19(21)22)17-16-18(13)12-3-1-2-4-14(12)23-16/h1-9H. The van der Waals surface area contributed by atoms with Crippen LogP contribution in [0.1, 0.15) is 10.5 Å². The van der Waals surface area contributed by atoms with Gasteiger partial charge in [0.2, 0.25) is 0 Å². The van der Waals surface area contributed by atoms with Gasteiger partial charge in [-0.15, -0.1) is 0 Å². The van der Waals surface area contributed by atoms with Gasteiger partial charge in [0.05, 0.1) is 15.1 Å². The number of nitro groups is 1. The van der Waals surface area contributed by atoms with Gasteiger partial charge in [-0.25, -0.2) is 4.98 Å². The fourth-order valence-corrected chi connectivity index (χ4v) is 3.63. The number of hydrogen-bond acceptors (Lipinski definition) is 5. The Morgan fingerprint density at radius 3 is 2.57 bits per heavy atom. The Bertz CT molecular complexity index is 1060. The van der Waals surface area contributed by atoms with E-state index in [-0.39, 0.29) is 5.69 Å². The highest BCUT2D eigenvalue weighted by Gasteiger charge is 2.18. The van der Waals surface area contributed by atoms with E-state index in [9.17, 15) is 14.9 Å². The summed E-state index contributed by atoms with van der Waals surface area (Å²) in [6.07, 6.45) is 0.774. The number of fused-ring (bicyclic) bond motifs is 3. The van der Waals surface area contributed by atoms with E-state index < -0.39 is 4.92 Å². The number of aldehydes is 1. The largest absolute Gasteiger partial charge is 0.296 e. The summed E-state index contributed by atoms with van der Waals surface area (Å²) in [5, 5.41) is 10.7. The fraction of sp³-hybridized carbons (Fsp3) is 0. The Labute approximate surface area is 133 Å². The van der Waals surface area contributed by atoms with Crippen LogP contribution in [0.3, 0.4) is 0 Å². The predicted octanol–water partition coefficient (Wildman–Crippen LogP) is 3.94. The van der Waals surface area contributed by atoms with Crippen molar-refractivity contribution in [3.63, 3.8) is 0 Å². The number of carbonyl (C=O) groups excluding carboxylic acids is 1. The van der Waals surface area contributed by atoms with Crippen LogP contribution in [0.5, 0.6) is 0 Å². The van der Waals surface area contributed by atoms with Gasteiger partial charge in [-0.2, -0.15) is 0 Å². The van der Waals surface area contributed by atoms with E-state index in [2.05, 4.69) is 4.98 Å². The molecule has 23 heavy (non-hydrogen) atoms. The van der Waals surface area contributed by atoms with Gasteiger partial charge in [0.25, 0.3) is 5.69 Å². The first-order valence-electron chi connectivity index (χ1n) is 6.79. The van der Waals surface area contributed by atoms with Gasteiger partial charge in [-0.1, -0.05) is 23.5 Å². The number of imidazole rings is 1. The van der Waals surface area contributed by atoms with E-state index in [1.807, 2.05) is 28.7 Å². The molecule has 0 aliphatic carbocycles. The molecule has 0 bridgehead atoms. The minimum atomic E-state index is -0.455. The van der Waals surface area contributed by atoms with Crippen LogP contribution in [0.15, 0.2) is 48.5 Å². The zero-order valence-corrected chi connectivity index (χ0v) is 12.5. The van der Waals surface area contributed by atoms with E-state index in [1.54, 1.807) is 12.1 Å². The van der Waals surface area contributed by atoms with Crippen LogP contribution in [0.4, 0.5) is 5.69 Å². The topological polar surface area (TPSA) is 77.5 Å². The molecule has 0 saturated carbocycles. The SMILES string of the molecule is O=Cc1c(-c2ccc([N+](=O)[O-])cc2)nc2sc3ccccc3n12. The molecule has 0 radical (unpaired) electrons. The number of aromatic nitrogens is 2. The van der Waals surface area contributed by atoms with Crippen LogP contribution in [-0.4, -0.2) is 20.6 Å². The first kappa shape index (κ1) is 13.6. The molecule has 0 spiro atoms. The lowest BCUT2D eigenvalue weighted by atomic mass is 10.1. The van der Waals surface area contributed by atoms with Crippen LogP contribution in [0, 0.1) is 10.1 Å². The number of para-hydroxylation sites is 1. The Morgan fingerprint density at radius 1 is 1.13 bits per heavy atom. The van der Waals surface area contributed by atoms with Crippen LogP contribution in [-0.2, 0) is 0 Å². The second-order valence-corrected chi connectivity index (χ2v) is 5.96. The Hall–Kier alpha value is -3.06. The number of non-ortho nitro benzene ring substituents is 1. The molecule has 112 valence electrons. The molecule has 0 unspecified atom stereocenters. The van der Waals surface area contributed by atoms with E-state index in [0.717, 1.165) is 21.5 Å². The van der Waals surface area contributed by atoms with Crippen molar-refractivity contribution < 1.29 is 9.72 Å². The summed E-state index contributed by atoms with van der Waals surface area (Å²) in [5.41, 5.74) is 2.60. The monoisotopic (exact) mass is 323 g/mol. The minimum absolute atomic E-state index is 0.00729. The van der Waals surface area contributed by atoms with Gasteiger partial charge in [0.1, 0.15) is 11.4 Å². The highest BCUT2D eigenvalue weighted by atomic mass is 32.1. The highest BCUT2D eigenvalue weighted by molar-refractivity contribution is 7.23. The van der Waals surface area contributed by atoms with Crippen LogP contribution in [0.2, 0.25) is 0 Å². The first-order valence-corrected chi connectivity index (χ1v) is 7.60. The lowest BCUT2D eigenvalue weighted by molar-refractivity contribution is -0.384. The Morgan fingerprint density at radius 2 is 1.87 bits per heavy atom. The van der Waals surface area contributed by atoms with Gasteiger partial charge >= 0.3 is 0 Å². The number of rotatable bonds is 3. The second kappa shape index (κ2) is 4.99. The Balaban J connectivity index is 1.96. The molecular weight excluding hydrogens is 314 g/mol. The molecule has 4 rings (SSSR count). The quantitative estimate of drug-likeness (QED) is 0.325. The molecule has 4 aromatic rings. The zero-order valence-electron chi connectivity index (χ0n) is 11.7. The summed E-state index contributed by atoms with van der Waals surface area (Å²) in [7, 11) is 0. The van der Waals surface area contributed by atoms with Crippen molar-refractivity contribution in [2.45, 2.75) is 0 Å². The van der Waals surface area contributed by atoms with Gasteiger partial charge < -0.3 is 0 Å². The molecule has 0 saturated heterocycles. The van der Waals surface area contributed by atoms with Crippen molar-refractivity contribution in [2.75, 3.05) is 0 Å². The van der Waals surface area contributed by atoms with Gasteiger partial charge in [-0.3, -0.25) is 19.3 Å². The van der Waals surface area contributed by atoms with Crippen molar-refractivity contribution >= 4 is 38.5 Å².